The third kappa shape index (κ3) is 2.80. The largest absolute Gasteiger partial charge is 0.368 e. The van der Waals surface area contributed by atoms with E-state index in [0.717, 1.165) is 29.9 Å². The zero-order chi connectivity index (χ0) is 16.5. The summed E-state index contributed by atoms with van der Waals surface area (Å²) in [6, 6.07) is 1.90. The lowest BCUT2D eigenvalue weighted by Gasteiger charge is -2.24. The van der Waals surface area contributed by atoms with Crippen LogP contribution in [0, 0.1) is 0 Å². The monoisotopic (exact) mass is 332 g/mol. The SMILES string of the molecule is Cn1nccc1-c1nnn2c1COC(CNC(=O)[C@@H]1CCCO1)C2. The molecule has 9 heteroatoms. The average Bonchev–Trinajstić information content (AvgIpc) is 3.32. The van der Waals surface area contributed by atoms with Crippen LogP contribution in [0.5, 0.6) is 0 Å². The Morgan fingerprint density at radius 2 is 2.38 bits per heavy atom. The van der Waals surface area contributed by atoms with Crippen LogP contribution in [0.1, 0.15) is 18.5 Å². The normalized spacial score (nSPS) is 23.2. The van der Waals surface area contributed by atoms with Crippen molar-refractivity contribution in [2.45, 2.75) is 38.2 Å². The number of aromatic nitrogens is 5. The molecule has 2 atom stereocenters. The second kappa shape index (κ2) is 6.33. The maximum Gasteiger partial charge on any atom is 0.249 e. The highest BCUT2D eigenvalue weighted by molar-refractivity contribution is 5.80. The molecule has 0 spiro atoms. The highest BCUT2D eigenvalue weighted by Crippen LogP contribution is 2.24. The first kappa shape index (κ1) is 15.3. The van der Waals surface area contributed by atoms with Gasteiger partial charge in [-0.15, -0.1) is 5.10 Å². The van der Waals surface area contributed by atoms with Gasteiger partial charge in [0.2, 0.25) is 5.91 Å². The van der Waals surface area contributed by atoms with Crippen LogP contribution in [0.3, 0.4) is 0 Å². The summed E-state index contributed by atoms with van der Waals surface area (Å²) in [7, 11) is 1.87. The molecule has 0 bridgehead atoms. The topological polar surface area (TPSA) is 96.1 Å². The fourth-order valence-corrected chi connectivity index (χ4v) is 3.11. The number of fused-ring (bicyclic) bond motifs is 1. The molecular formula is C15H20N6O3. The molecule has 0 aliphatic carbocycles. The molecule has 1 amide bonds. The Morgan fingerprint density at radius 1 is 1.46 bits per heavy atom. The second-order valence-corrected chi connectivity index (χ2v) is 6.09. The van der Waals surface area contributed by atoms with Crippen molar-refractivity contribution < 1.29 is 14.3 Å². The van der Waals surface area contributed by atoms with E-state index in [9.17, 15) is 4.79 Å². The summed E-state index contributed by atoms with van der Waals surface area (Å²) in [5, 5.41) is 15.5. The highest BCUT2D eigenvalue weighted by Gasteiger charge is 2.28. The first-order valence-corrected chi connectivity index (χ1v) is 8.14. The summed E-state index contributed by atoms with van der Waals surface area (Å²) in [4.78, 5) is 12.0. The number of aryl methyl sites for hydroxylation is 1. The van der Waals surface area contributed by atoms with Gasteiger partial charge in [-0.2, -0.15) is 5.10 Å². The van der Waals surface area contributed by atoms with Gasteiger partial charge in [-0.25, -0.2) is 4.68 Å². The van der Waals surface area contributed by atoms with Crippen LogP contribution in [-0.4, -0.2) is 56.0 Å². The molecule has 2 aliphatic heterocycles. The molecule has 4 heterocycles. The van der Waals surface area contributed by atoms with E-state index in [1.807, 2.05) is 17.8 Å². The van der Waals surface area contributed by atoms with Gasteiger partial charge in [0.15, 0.2) is 0 Å². The molecule has 0 saturated carbocycles. The zero-order valence-electron chi connectivity index (χ0n) is 13.5. The lowest BCUT2D eigenvalue weighted by molar-refractivity contribution is -0.131. The number of amides is 1. The van der Waals surface area contributed by atoms with E-state index in [1.165, 1.54) is 0 Å². The molecule has 1 saturated heterocycles. The standard InChI is InChI=1S/C15H20N6O3/c1-20-11(4-5-17-20)14-12-9-24-10(8-21(12)19-18-14)7-16-15(22)13-3-2-6-23-13/h4-5,10,13H,2-3,6-9H2,1H3,(H,16,22)/t10?,13-/m0/s1. The number of carbonyl (C=O) groups is 1. The average molecular weight is 332 g/mol. The summed E-state index contributed by atoms with van der Waals surface area (Å²) >= 11 is 0. The minimum Gasteiger partial charge on any atom is -0.368 e. The Kier molecular flexibility index (Phi) is 4.03. The quantitative estimate of drug-likeness (QED) is 0.838. The molecule has 128 valence electrons. The fraction of sp³-hybridized carbons (Fsp3) is 0.600. The van der Waals surface area contributed by atoms with Crippen LogP contribution >= 0.6 is 0 Å². The Bertz CT molecular complexity index is 733. The Morgan fingerprint density at radius 3 is 3.12 bits per heavy atom. The smallest absolute Gasteiger partial charge is 0.249 e. The van der Waals surface area contributed by atoms with Crippen molar-refractivity contribution in [3.63, 3.8) is 0 Å². The van der Waals surface area contributed by atoms with E-state index in [0.29, 0.717) is 26.3 Å². The Labute approximate surface area is 138 Å². The molecule has 1 unspecified atom stereocenters. The van der Waals surface area contributed by atoms with Gasteiger partial charge in [0.1, 0.15) is 11.8 Å². The molecule has 0 aromatic carbocycles. The minimum absolute atomic E-state index is 0.0592. The minimum atomic E-state index is -0.313. The molecule has 2 aromatic rings. The van der Waals surface area contributed by atoms with Gasteiger partial charge < -0.3 is 14.8 Å². The van der Waals surface area contributed by atoms with Gasteiger partial charge >= 0.3 is 0 Å². The summed E-state index contributed by atoms with van der Waals surface area (Å²) in [5.41, 5.74) is 2.63. The zero-order valence-corrected chi connectivity index (χ0v) is 13.5. The lowest BCUT2D eigenvalue weighted by atomic mass is 10.2. The van der Waals surface area contributed by atoms with Crippen LogP contribution < -0.4 is 5.32 Å². The molecule has 1 N–H and O–H groups in total. The third-order valence-electron chi connectivity index (χ3n) is 4.46. The predicted octanol–water partition coefficient (Wildman–Crippen LogP) is -0.127. The summed E-state index contributed by atoms with van der Waals surface area (Å²) in [6.07, 6.45) is 3.03. The molecule has 2 aliphatic rings. The number of ether oxygens (including phenoxy) is 2. The molecule has 1 fully saturated rings. The molecule has 9 nitrogen and oxygen atoms in total. The second-order valence-electron chi connectivity index (χ2n) is 6.09. The molecular weight excluding hydrogens is 312 g/mol. The Balaban J connectivity index is 1.39. The first-order chi connectivity index (χ1) is 11.7. The number of hydrogen-bond donors (Lipinski definition) is 1. The summed E-state index contributed by atoms with van der Waals surface area (Å²) < 4.78 is 14.9. The van der Waals surface area contributed by atoms with Crippen molar-refractivity contribution in [3.8, 4) is 11.4 Å². The number of rotatable bonds is 4. The Hall–Kier alpha value is -2.26. The molecule has 2 aromatic heterocycles. The number of nitrogens with zero attached hydrogens (tertiary/aromatic N) is 5. The van der Waals surface area contributed by atoms with Crippen molar-refractivity contribution >= 4 is 5.91 Å². The van der Waals surface area contributed by atoms with E-state index in [1.54, 1.807) is 10.9 Å². The van der Waals surface area contributed by atoms with Crippen LogP contribution in [0.25, 0.3) is 11.4 Å². The predicted molar refractivity (Wildman–Crippen MR) is 82.8 cm³/mol. The van der Waals surface area contributed by atoms with E-state index < -0.39 is 0 Å². The fourth-order valence-electron chi connectivity index (χ4n) is 3.11. The van der Waals surface area contributed by atoms with E-state index in [-0.39, 0.29) is 18.1 Å². The third-order valence-corrected chi connectivity index (χ3v) is 4.46. The van der Waals surface area contributed by atoms with Gasteiger partial charge in [0.05, 0.1) is 30.6 Å². The summed E-state index contributed by atoms with van der Waals surface area (Å²) in [6.45, 7) is 2.08. The molecule has 24 heavy (non-hydrogen) atoms. The first-order valence-electron chi connectivity index (χ1n) is 8.14. The van der Waals surface area contributed by atoms with E-state index >= 15 is 0 Å². The number of carbonyl (C=O) groups excluding carboxylic acids is 1. The van der Waals surface area contributed by atoms with Gasteiger partial charge in [-0.05, 0) is 18.9 Å². The maximum atomic E-state index is 12.0. The van der Waals surface area contributed by atoms with Crippen LogP contribution in [0.15, 0.2) is 12.3 Å². The number of nitrogens with one attached hydrogen (secondary N) is 1. The maximum absolute atomic E-state index is 12.0. The van der Waals surface area contributed by atoms with Gasteiger partial charge in [0.25, 0.3) is 0 Å². The van der Waals surface area contributed by atoms with Crippen LogP contribution in [0.2, 0.25) is 0 Å². The van der Waals surface area contributed by atoms with E-state index in [2.05, 4.69) is 20.7 Å². The summed E-state index contributed by atoms with van der Waals surface area (Å²) in [5.74, 6) is -0.0592. The van der Waals surface area contributed by atoms with Gasteiger partial charge in [0, 0.05) is 26.4 Å². The van der Waals surface area contributed by atoms with Crippen LogP contribution in [-0.2, 0) is 34.5 Å². The number of hydrogen-bond acceptors (Lipinski definition) is 6. The van der Waals surface area contributed by atoms with Crippen molar-refractivity contribution in [2.24, 2.45) is 7.05 Å². The molecule has 4 rings (SSSR count). The van der Waals surface area contributed by atoms with Crippen molar-refractivity contribution in [3.05, 3.63) is 18.0 Å². The van der Waals surface area contributed by atoms with Crippen molar-refractivity contribution in [1.82, 2.24) is 30.1 Å². The van der Waals surface area contributed by atoms with Crippen molar-refractivity contribution in [1.29, 1.82) is 0 Å². The highest BCUT2D eigenvalue weighted by atomic mass is 16.5. The van der Waals surface area contributed by atoms with Gasteiger partial charge in [-0.1, -0.05) is 5.21 Å². The van der Waals surface area contributed by atoms with Crippen molar-refractivity contribution in [2.75, 3.05) is 13.2 Å². The lowest BCUT2D eigenvalue weighted by Crippen LogP contribution is -2.42. The van der Waals surface area contributed by atoms with E-state index in [4.69, 9.17) is 9.47 Å². The molecule has 0 radical (unpaired) electrons. The van der Waals surface area contributed by atoms with Gasteiger partial charge in [-0.3, -0.25) is 9.48 Å². The van der Waals surface area contributed by atoms with Crippen LogP contribution in [0.4, 0.5) is 0 Å².